The van der Waals surface area contributed by atoms with E-state index in [2.05, 4.69) is 4.99 Å². The number of carbonyl (C=O) groups is 1. The molecule has 0 radical (unpaired) electrons. The monoisotopic (exact) mass is 638 g/mol. The molecule has 3 aromatic carbocycles. The molecular formula is C32H28Cl2N2O6S. The third-order valence-electron chi connectivity index (χ3n) is 6.81. The zero-order valence-electron chi connectivity index (χ0n) is 23.9. The van der Waals surface area contributed by atoms with Crippen molar-refractivity contribution in [2.75, 3.05) is 20.8 Å². The third-order valence-corrected chi connectivity index (χ3v) is 8.38. The molecule has 0 saturated carbocycles. The van der Waals surface area contributed by atoms with E-state index < -0.39 is 12.0 Å². The summed E-state index contributed by atoms with van der Waals surface area (Å²) in [5, 5.41) is 1.07. The van der Waals surface area contributed by atoms with Gasteiger partial charge in [0.15, 0.2) is 16.3 Å². The number of benzene rings is 3. The molecule has 1 aliphatic heterocycles. The Morgan fingerprint density at radius 2 is 1.84 bits per heavy atom. The molecule has 0 N–H and O–H groups in total. The highest BCUT2D eigenvalue weighted by molar-refractivity contribution is 7.07. The normalized spacial score (nSPS) is 14.7. The number of nitrogens with zero attached hydrogens (tertiary/aromatic N) is 2. The highest BCUT2D eigenvalue weighted by Crippen LogP contribution is 2.36. The second kappa shape index (κ2) is 13.1. The summed E-state index contributed by atoms with van der Waals surface area (Å²) in [5.41, 5.74) is 2.67. The van der Waals surface area contributed by atoms with Gasteiger partial charge in [-0.1, -0.05) is 58.8 Å². The first-order chi connectivity index (χ1) is 20.7. The Morgan fingerprint density at radius 3 is 2.56 bits per heavy atom. The molecule has 4 aromatic rings. The summed E-state index contributed by atoms with van der Waals surface area (Å²) in [4.78, 5) is 32.3. The van der Waals surface area contributed by atoms with Crippen molar-refractivity contribution < 1.29 is 23.7 Å². The summed E-state index contributed by atoms with van der Waals surface area (Å²) in [5.74, 6) is 1.06. The van der Waals surface area contributed by atoms with Crippen LogP contribution in [0.1, 0.15) is 36.6 Å². The molecule has 0 fully saturated rings. The molecule has 222 valence electrons. The van der Waals surface area contributed by atoms with E-state index in [1.165, 1.54) is 23.0 Å². The standard InChI is InChI=1S/C32H28Cl2N2O6S/c1-5-41-31(38)28-18(2)35-32-36(29(28)20-10-12-25(39-3)26(15-20)40-4)30(37)27(43-32)14-19-7-6-8-23(13-19)42-17-21-9-11-22(33)16-24(21)34/h6-16,29H,5,17H2,1-4H3/b27-14-/t29-/m1/s1. The van der Waals surface area contributed by atoms with Crippen LogP contribution in [0.5, 0.6) is 17.2 Å². The maximum Gasteiger partial charge on any atom is 0.338 e. The maximum absolute atomic E-state index is 14.0. The average molecular weight is 640 g/mol. The van der Waals surface area contributed by atoms with E-state index in [0.29, 0.717) is 47.9 Å². The Morgan fingerprint density at radius 1 is 1.05 bits per heavy atom. The zero-order valence-corrected chi connectivity index (χ0v) is 26.2. The first-order valence-electron chi connectivity index (χ1n) is 13.3. The molecule has 1 atom stereocenters. The van der Waals surface area contributed by atoms with Gasteiger partial charge in [0.2, 0.25) is 0 Å². The van der Waals surface area contributed by atoms with Crippen LogP contribution < -0.4 is 29.1 Å². The van der Waals surface area contributed by atoms with Crippen LogP contribution in [-0.4, -0.2) is 31.4 Å². The number of allylic oxidation sites excluding steroid dienone is 1. The molecule has 43 heavy (non-hydrogen) atoms. The molecule has 1 aliphatic rings. The van der Waals surface area contributed by atoms with E-state index in [1.807, 2.05) is 30.3 Å². The van der Waals surface area contributed by atoms with Crippen LogP contribution in [-0.2, 0) is 16.1 Å². The van der Waals surface area contributed by atoms with Crippen molar-refractivity contribution in [2.45, 2.75) is 26.5 Å². The van der Waals surface area contributed by atoms with Crippen LogP contribution in [0.2, 0.25) is 10.0 Å². The summed E-state index contributed by atoms with van der Waals surface area (Å²) in [6, 6.07) is 17.1. The molecule has 5 rings (SSSR count). The molecular weight excluding hydrogens is 611 g/mol. The number of aromatic nitrogens is 1. The zero-order chi connectivity index (χ0) is 30.7. The number of fused-ring (bicyclic) bond motifs is 1. The third kappa shape index (κ3) is 6.34. The Labute approximate surface area is 262 Å². The van der Waals surface area contributed by atoms with Crippen molar-refractivity contribution >= 4 is 46.6 Å². The van der Waals surface area contributed by atoms with Crippen molar-refractivity contribution in [3.8, 4) is 17.2 Å². The van der Waals surface area contributed by atoms with Crippen molar-refractivity contribution in [3.63, 3.8) is 0 Å². The smallest absolute Gasteiger partial charge is 0.338 e. The fraction of sp³-hybridized carbons (Fsp3) is 0.219. The maximum atomic E-state index is 14.0. The Hall–Kier alpha value is -4.05. The Bertz CT molecular complexity index is 1910. The van der Waals surface area contributed by atoms with Gasteiger partial charge in [0, 0.05) is 15.6 Å². The van der Waals surface area contributed by atoms with E-state index >= 15 is 0 Å². The predicted molar refractivity (Wildman–Crippen MR) is 167 cm³/mol. The lowest BCUT2D eigenvalue weighted by Gasteiger charge is -2.25. The van der Waals surface area contributed by atoms with Crippen molar-refractivity contribution in [1.82, 2.24) is 4.57 Å². The number of thiazole rings is 1. The summed E-state index contributed by atoms with van der Waals surface area (Å²) in [6.45, 7) is 3.91. The van der Waals surface area contributed by atoms with Crippen LogP contribution in [0, 0.1) is 0 Å². The number of halogens is 2. The van der Waals surface area contributed by atoms with Gasteiger partial charge in [0.1, 0.15) is 12.4 Å². The molecule has 11 heteroatoms. The van der Waals surface area contributed by atoms with Crippen LogP contribution in [0.15, 0.2) is 81.7 Å². The van der Waals surface area contributed by atoms with Crippen LogP contribution in [0.3, 0.4) is 0 Å². The molecule has 0 saturated heterocycles. The molecule has 0 aliphatic carbocycles. The van der Waals surface area contributed by atoms with Crippen molar-refractivity contribution in [2.24, 2.45) is 4.99 Å². The number of hydrogen-bond donors (Lipinski definition) is 0. The number of rotatable bonds is 9. The quantitative estimate of drug-likeness (QED) is 0.219. The topological polar surface area (TPSA) is 88.4 Å². The van der Waals surface area contributed by atoms with Gasteiger partial charge in [-0.15, -0.1) is 0 Å². The van der Waals surface area contributed by atoms with Gasteiger partial charge in [-0.05, 0) is 67.4 Å². The van der Waals surface area contributed by atoms with Gasteiger partial charge in [-0.3, -0.25) is 9.36 Å². The van der Waals surface area contributed by atoms with Gasteiger partial charge < -0.3 is 18.9 Å². The molecule has 0 unspecified atom stereocenters. The lowest BCUT2D eigenvalue weighted by atomic mass is 9.95. The lowest BCUT2D eigenvalue weighted by Crippen LogP contribution is -2.39. The van der Waals surface area contributed by atoms with Gasteiger partial charge in [0.05, 0.1) is 42.7 Å². The fourth-order valence-corrected chi connectivity index (χ4v) is 6.28. The fourth-order valence-electron chi connectivity index (χ4n) is 4.78. The van der Waals surface area contributed by atoms with E-state index in [0.717, 1.165) is 11.1 Å². The second-order valence-corrected chi connectivity index (χ2v) is 11.4. The van der Waals surface area contributed by atoms with Gasteiger partial charge >= 0.3 is 5.97 Å². The van der Waals surface area contributed by atoms with Crippen LogP contribution >= 0.6 is 34.5 Å². The molecule has 8 nitrogen and oxygen atoms in total. The largest absolute Gasteiger partial charge is 0.493 e. The van der Waals surface area contributed by atoms with Crippen molar-refractivity contribution in [1.29, 1.82) is 0 Å². The highest BCUT2D eigenvalue weighted by atomic mass is 35.5. The van der Waals surface area contributed by atoms with E-state index in [-0.39, 0.29) is 24.3 Å². The summed E-state index contributed by atoms with van der Waals surface area (Å²) < 4.78 is 24.2. The number of esters is 1. The molecule has 0 bridgehead atoms. The Balaban J connectivity index is 1.56. The van der Waals surface area contributed by atoms with Gasteiger partial charge in [-0.25, -0.2) is 9.79 Å². The number of carbonyl (C=O) groups excluding carboxylic acids is 1. The minimum atomic E-state index is -0.781. The van der Waals surface area contributed by atoms with Gasteiger partial charge in [-0.2, -0.15) is 0 Å². The van der Waals surface area contributed by atoms with Crippen molar-refractivity contribution in [3.05, 3.63) is 118 Å². The SMILES string of the molecule is CCOC(=O)C1=C(C)N=c2s/c(=C\c3cccc(OCc4ccc(Cl)cc4Cl)c3)c(=O)n2[C@@H]1c1ccc(OC)c(OC)c1. The van der Waals surface area contributed by atoms with E-state index in [9.17, 15) is 9.59 Å². The number of ether oxygens (including phenoxy) is 4. The first kappa shape index (κ1) is 30.4. The van der Waals surface area contributed by atoms with Gasteiger partial charge in [0.25, 0.3) is 5.56 Å². The highest BCUT2D eigenvalue weighted by Gasteiger charge is 2.34. The lowest BCUT2D eigenvalue weighted by molar-refractivity contribution is -0.139. The first-order valence-corrected chi connectivity index (χ1v) is 14.9. The molecule has 0 amide bonds. The molecule has 0 spiro atoms. The second-order valence-electron chi connectivity index (χ2n) is 9.51. The summed E-state index contributed by atoms with van der Waals surface area (Å²) in [7, 11) is 3.07. The predicted octanol–water partition coefficient (Wildman–Crippen LogP) is 5.70. The minimum absolute atomic E-state index is 0.182. The minimum Gasteiger partial charge on any atom is -0.493 e. The summed E-state index contributed by atoms with van der Waals surface area (Å²) >= 11 is 13.5. The number of methoxy groups -OCH3 is 2. The van der Waals surface area contributed by atoms with E-state index in [4.69, 9.17) is 42.1 Å². The van der Waals surface area contributed by atoms with Crippen LogP contribution in [0.4, 0.5) is 0 Å². The average Bonchev–Trinajstić information content (AvgIpc) is 3.29. The number of hydrogen-bond acceptors (Lipinski definition) is 8. The Kier molecular flexibility index (Phi) is 9.25. The molecule has 2 heterocycles. The van der Waals surface area contributed by atoms with Crippen LogP contribution in [0.25, 0.3) is 6.08 Å². The van der Waals surface area contributed by atoms with E-state index in [1.54, 1.807) is 57.4 Å². The molecule has 1 aromatic heterocycles. The summed E-state index contributed by atoms with van der Waals surface area (Å²) in [6.07, 6.45) is 1.78.